The second kappa shape index (κ2) is 10.2. The van der Waals surface area contributed by atoms with Crippen molar-refractivity contribution in [2.24, 2.45) is 11.8 Å². The van der Waals surface area contributed by atoms with Crippen LogP contribution in [0.3, 0.4) is 0 Å². The number of nitrogens with one attached hydrogen (secondary N) is 2. The van der Waals surface area contributed by atoms with Gasteiger partial charge in [-0.1, -0.05) is 13.8 Å². The van der Waals surface area contributed by atoms with Gasteiger partial charge >= 0.3 is 6.09 Å². The number of hydrogen-bond donors (Lipinski definition) is 2. The van der Waals surface area contributed by atoms with E-state index in [9.17, 15) is 4.79 Å². The van der Waals surface area contributed by atoms with E-state index < -0.39 is 5.60 Å². The van der Waals surface area contributed by atoms with Gasteiger partial charge < -0.3 is 20.3 Å². The highest BCUT2D eigenvalue weighted by molar-refractivity contribution is 5.67. The van der Waals surface area contributed by atoms with Crippen molar-refractivity contribution in [3.63, 3.8) is 0 Å². The predicted octanol–water partition coefficient (Wildman–Crippen LogP) is 1.62. The van der Waals surface area contributed by atoms with Crippen LogP contribution < -0.4 is 10.6 Å². The van der Waals surface area contributed by atoms with Crippen LogP contribution in [0, 0.1) is 11.8 Å². The van der Waals surface area contributed by atoms with Crippen LogP contribution in [0.25, 0.3) is 0 Å². The summed E-state index contributed by atoms with van der Waals surface area (Å²) in [6, 6.07) is 0. The number of amides is 1. The maximum Gasteiger partial charge on any atom is 0.407 e. The number of alkyl carbamates (subject to hydrolysis) is 1. The van der Waals surface area contributed by atoms with Crippen molar-refractivity contribution >= 4 is 6.09 Å². The molecule has 6 nitrogen and oxygen atoms in total. The molecule has 1 fully saturated rings. The van der Waals surface area contributed by atoms with Crippen LogP contribution in [0.2, 0.25) is 0 Å². The molecule has 1 rings (SSSR count). The quantitative estimate of drug-likeness (QED) is 0.657. The fourth-order valence-corrected chi connectivity index (χ4v) is 2.67. The Morgan fingerprint density at radius 1 is 1.12 bits per heavy atom. The molecule has 0 aromatic heterocycles. The maximum absolute atomic E-state index is 11.8. The molecule has 24 heavy (non-hydrogen) atoms. The van der Waals surface area contributed by atoms with Gasteiger partial charge in [0, 0.05) is 45.8 Å². The number of hydrogen-bond acceptors (Lipinski definition) is 5. The summed E-state index contributed by atoms with van der Waals surface area (Å²) in [4.78, 5) is 16.7. The van der Waals surface area contributed by atoms with Crippen LogP contribution in [-0.4, -0.2) is 80.9 Å². The number of carbonyl (C=O) groups excluding carboxylic acids is 1. The molecule has 0 aromatic carbocycles. The van der Waals surface area contributed by atoms with Crippen molar-refractivity contribution in [1.29, 1.82) is 0 Å². The van der Waals surface area contributed by atoms with E-state index in [1.807, 2.05) is 20.8 Å². The molecule has 0 bridgehead atoms. The van der Waals surface area contributed by atoms with Crippen molar-refractivity contribution in [3.05, 3.63) is 0 Å². The third-order valence-electron chi connectivity index (χ3n) is 4.46. The average molecular weight is 343 g/mol. The van der Waals surface area contributed by atoms with Crippen LogP contribution in [0.15, 0.2) is 0 Å². The Bertz CT molecular complexity index is 361. The summed E-state index contributed by atoms with van der Waals surface area (Å²) >= 11 is 0. The van der Waals surface area contributed by atoms with Gasteiger partial charge in [0.25, 0.3) is 0 Å². The molecule has 1 amide bonds. The minimum absolute atomic E-state index is 0.328. The number of rotatable bonds is 8. The Morgan fingerprint density at radius 3 is 2.29 bits per heavy atom. The average Bonchev–Trinajstić information content (AvgIpc) is 2.46. The van der Waals surface area contributed by atoms with E-state index in [0.29, 0.717) is 18.4 Å². The SMILES string of the molecule is CC(C)C(CNCCN1CCN(C)CC1)CNC(=O)OC(C)(C)C. The molecule has 0 saturated carbocycles. The van der Waals surface area contributed by atoms with Gasteiger partial charge in [0.1, 0.15) is 5.60 Å². The van der Waals surface area contributed by atoms with Crippen LogP contribution in [0.4, 0.5) is 4.79 Å². The molecular weight excluding hydrogens is 304 g/mol. The Morgan fingerprint density at radius 2 is 1.75 bits per heavy atom. The first-order chi connectivity index (χ1) is 11.2. The Kier molecular flexibility index (Phi) is 9.02. The van der Waals surface area contributed by atoms with Gasteiger partial charge in [-0.25, -0.2) is 4.79 Å². The molecule has 1 saturated heterocycles. The Hall–Kier alpha value is -0.850. The first-order valence-electron chi connectivity index (χ1n) is 9.26. The molecule has 1 unspecified atom stereocenters. The highest BCUT2D eigenvalue weighted by atomic mass is 16.6. The monoisotopic (exact) mass is 342 g/mol. The van der Waals surface area contributed by atoms with Crippen LogP contribution in [0.5, 0.6) is 0 Å². The van der Waals surface area contributed by atoms with E-state index in [1.165, 1.54) is 0 Å². The molecule has 0 spiro atoms. The highest BCUT2D eigenvalue weighted by Gasteiger charge is 2.19. The first-order valence-corrected chi connectivity index (χ1v) is 9.26. The summed E-state index contributed by atoms with van der Waals surface area (Å²) in [5.74, 6) is 0.918. The fraction of sp³-hybridized carbons (Fsp3) is 0.944. The Balaban J connectivity index is 2.20. The summed E-state index contributed by atoms with van der Waals surface area (Å²) < 4.78 is 5.30. The summed E-state index contributed by atoms with van der Waals surface area (Å²) in [7, 11) is 2.18. The highest BCUT2D eigenvalue weighted by Crippen LogP contribution is 2.10. The van der Waals surface area contributed by atoms with Gasteiger partial charge in [-0.05, 0) is 46.2 Å². The van der Waals surface area contributed by atoms with Crippen molar-refractivity contribution in [2.45, 2.75) is 40.2 Å². The largest absolute Gasteiger partial charge is 0.444 e. The number of ether oxygens (including phenoxy) is 1. The number of likely N-dealkylation sites (N-methyl/N-ethyl adjacent to an activating group) is 1. The summed E-state index contributed by atoms with van der Waals surface area (Å²) in [6.07, 6.45) is -0.328. The molecule has 142 valence electrons. The second-order valence-corrected chi connectivity index (χ2v) is 8.24. The van der Waals surface area contributed by atoms with Crippen LogP contribution >= 0.6 is 0 Å². The topological polar surface area (TPSA) is 56.8 Å². The normalized spacial score (nSPS) is 18.6. The third kappa shape index (κ3) is 9.45. The fourth-order valence-electron chi connectivity index (χ4n) is 2.67. The van der Waals surface area contributed by atoms with Crippen molar-refractivity contribution in [2.75, 3.05) is 59.4 Å². The lowest BCUT2D eigenvalue weighted by atomic mass is 9.96. The van der Waals surface area contributed by atoms with Gasteiger partial charge in [-0.3, -0.25) is 4.90 Å². The van der Waals surface area contributed by atoms with Gasteiger partial charge in [0.05, 0.1) is 0 Å². The van der Waals surface area contributed by atoms with Gasteiger partial charge in [-0.2, -0.15) is 0 Å². The number of carbonyl (C=O) groups is 1. The van der Waals surface area contributed by atoms with E-state index in [4.69, 9.17) is 4.74 Å². The zero-order chi connectivity index (χ0) is 18.2. The summed E-state index contributed by atoms with van der Waals surface area (Å²) in [5, 5.41) is 6.45. The lowest BCUT2D eigenvalue weighted by molar-refractivity contribution is 0.0514. The molecule has 0 aliphatic carbocycles. The molecule has 0 radical (unpaired) electrons. The lowest BCUT2D eigenvalue weighted by Crippen LogP contribution is -2.47. The molecule has 2 N–H and O–H groups in total. The van der Waals surface area contributed by atoms with Crippen molar-refractivity contribution < 1.29 is 9.53 Å². The third-order valence-corrected chi connectivity index (χ3v) is 4.46. The molecule has 0 aromatic rings. The molecule has 1 aliphatic rings. The van der Waals surface area contributed by atoms with E-state index in [-0.39, 0.29) is 6.09 Å². The minimum Gasteiger partial charge on any atom is -0.444 e. The standard InChI is InChI=1S/C18H38N4O2/c1-15(2)16(14-20-17(23)24-18(3,4)5)13-19-7-8-22-11-9-21(6)10-12-22/h15-16,19H,7-14H2,1-6H3,(H,20,23). The van der Waals surface area contributed by atoms with Gasteiger partial charge in [0.15, 0.2) is 0 Å². The Labute approximate surface area is 148 Å². The summed E-state index contributed by atoms with van der Waals surface area (Å²) in [6.45, 7) is 18.3. The number of piperazine rings is 1. The molecule has 1 atom stereocenters. The lowest BCUT2D eigenvalue weighted by Gasteiger charge is -2.32. The second-order valence-electron chi connectivity index (χ2n) is 8.24. The van der Waals surface area contributed by atoms with E-state index in [2.05, 4.69) is 41.3 Å². The smallest absolute Gasteiger partial charge is 0.407 e. The van der Waals surface area contributed by atoms with Crippen LogP contribution in [-0.2, 0) is 4.74 Å². The van der Waals surface area contributed by atoms with Crippen molar-refractivity contribution in [1.82, 2.24) is 20.4 Å². The summed E-state index contributed by atoms with van der Waals surface area (Å²) in [5.41, 5.74) is -0.446. The van der Waals surface area contributed by atoms with E-state index in [0.717, 1.165) is 45.8 Å². The minimum atomic E-state index is -0.446. The van der Waals surface area contributed by atoms with Crippen LogP contribution in [0.1, 0.15) is 34.6 Å². The van der Waals surface area contributed by atoms with E-state index in [1.54, 1.807) is 0 Å². The zero-order valence-corrected chi connectivity index (χ0v) is 16.5. The first kappa shape index (κ1) is 21.2. The van der Waals surface area contributed by atoms with Gasteiger partial charge in [0.2, 0.25) is 0 Å². The molecular formula is C18H38N4O2. The van der Waals surface area contributed by atoms with E-state index >= 15 is 0 Å². The maximum atomic E-state index is 11.8. The zero-order valence-electron chi connectivity index (χ0n) is 16.5. The van der Waals surface area contributed by atoms with Crippen molar-refractivity contribution in [3.8, 4) is 0 Å². The predicted molar refractivity (Wildman–Crippen MR) is 99.4 cm³/mol. The molecule has 1 aliphatic heterocycles. The molecule has 6 heteroatoms. The van der Waals surface area contributed by atoms with Gasteiger partial charge in [-0.15, -0.1) is 0 Å². The molecule has 1 heterocycles. The number of nitrogens with zero attached hydrogens (tertiary/aromatic N) is 2.